The third-order valence-electron chi connectivity index (χ3n) is 2.34. The van der Waals surface area contributed by atoms with E-state index < -0.39 is 0 Å². The lowest BCUT2D eigenvalue weighted by Crippen LogP contribution is -2.17. The van der Waals surface area contributed by atoms with Crippen molar-refractivity contribution >= 4 is 11.5 Å². The van der Waals surface area contributed by atoms with Gasteiger partial charge in [-0.3, -0.25) is 4.68 Å². The second-order valence-corrected chi connectivity index (χ2v) is 4.03. The zero-order chi connectivity index (χ0) is 11.5. The van der Waals surface area contributed by atoms with Gasteiger partial charge in [-0.15, -0.1) is 5.10 Å². The number of hydrogen-bond donors (Lipinski definition) is 1. The molecule has 16 heavy (non-hydrogen) atoms. The zero-order valence-electron chi connectivity index (χ0n) is 9.12. The molecule has 0 saturated heterocycles. The third-order valence-corrected chi connectivity index (χ3v) is 3.09. The van der Waals surface area contributed by atoms with E-state index in [0.29, 0.717) is 5.75 Å². The second kappa shape index (κ2) is 4.58. The number of hydrogen-bond acceptors (Lipinski definition) is 6. The van der Waals surface area contributed by atoms with E-state index in [0.717, 1.165) is 17.1 Å². The molecule has 0 saturated carbocycles. The van der Waals surface area contributed by atoms with Gasteiger partial charge in [0.05, 0.1) is 30.4 Å². The fraction of sp³-hybridized carbons (Fsp3) is 0.444. The molecule has 1 unspecified atom stereocenters. The van der Waals surface area contributed by atoms with Crippen LogP contribution in [0.4, 0.5) is 0 Å². The number of aromatic nitrogens is 4. The number of ether oxygens (including phenoxy) is 1. The molecule has 0 spiro atoms. The van der Waals surface area contributed by atoms with Crippen LogP contribution in [0.15, 0.2) is 12.4 Å². The van der Waals surface area contributed by atoms with E-state index in [1.807, 2.05) is 11.6 Å². The lowest BCUT2D eigenvalue weighted by molar-refractivity contribution is 0.405. The Balaban J connectivity index is 2.41. The van der Waals surface area contributed by atoms with Gasteiger partial charge in [-0.1, -0.05) is 4.49 Å². The summed E-state index contributed by atoms with van der Waals surface area (Å²) in [5, 5.41) is 7.99. The van der Waals surface area contributed by atoms with Gasteiger partial charge in [0.2, 0.25) is 0 Å². The highest BCUT2D eigenvalue weighted by Crippen LogP contribution is 2.28. The van der Waals surface area contributed by atoms with E-state index >= 15 is 0 Å². The first-order chi connectivity index (χ1) is 7.77. The fourth-order valence-electron chi connectivity index (χ4n) is 1.55. The lowest BCUT2D eigenvalue weighted by Gasteiger charge is -2.12. The van der Waals surface area contributed by atoms with Gasteiger partial charge in [0.1, 0.15) is 5.69 Å². The summed E-state index contributed by atoms with van der Waals surface area (Å²) in [7, 11) is 1.61. The average molecular weight is 239 g/mol. The Bertz CT molecular complexity index is 431. The fourth-order valence-corrected chi connectivity index (χ4v) is 2.06. The monoisotopic (exact) mass is 239 g/mol. The van der Waals surface area contributed by atoms with Crippen LogP contribution in [0.5, 0.6) is 5.75 Å². The summed E-state index contributed by atoms with van der Waals surface area (Å²) in [5.74, 6) is 0.697. The predicted octanol–water partition coefficient (Wildman–Crippen LogP) is 0.811. The molecule has 2 heterocycles. The van der Waals surface area contributed by atoms with Crippen LogP contribution in [-0.2, 0) is 6.54 Å². The van der Waals surface area contributed by atoms with Crippen LogP contribution in [-0.4, -0.2) is 26.5 Å². The molecule has 2 N–H and O–H groups in total. The number of nitrogens with two attached hydrogens (primary N) is 1. The Hall–Kier alpha value is -1.47. The van der Waals surface area contributed by atoms with Gasteiger partial charge in [-0.25, -0.2) is 0 Å². The Morgan fingerprint density at radius 3 is 2.94 bits per heavy atom. The lowest BCUT2D eigenvalue weighted by atomic mass is 10.2. The first-order valence-corrected chi connectivity index (χ1v) is 5.67. The first kappa shape index (κ1) is 11.0. The number of rotatable bonds is 4. The van der Waals surface area contributed by atoms with E-state index in [9.17, 15) is 0 Å². The van der Waals surface area contributed by atoms with Crippen molar-refractivity contribution in [2.75, 3.05) is 7.11 Å². The van der Waals surface area contributed by atoms with Crippen LogP contribution < -0.4 is 10.5 Å². The van der Waals surface area contributed by atoms with Gasteiger partial charge < -0.3 is 10.5 Å². The van der Waals surface area contributed by atoms with Gasteiger partial charge in [-0.05, 0) is 18.5 Å². The van der Waals surface area contributed by atoms with Crippen LogP contribution in [0.3, 0.4) is 0 Å². The molecule has 2 aromatic heterocycles. The molecule has 0 aromatic carbocycles. The highest BCUT2D eigenvalue weighted by Gasteiger charge is 2.21. The Kier molecular flexibility index (Phi) is 3.16. The topological polar surface area (TPSA) is 78.9 Å². The maximum absolute atomic E-state index is 6.15. The van der Waals surface area contributed by atoms with Crippen molar-refractivity contribution in [1.29, 1.82) is 0 Å². The molecule has 7 heteroatoms. The molecule has 0 aliphatic carbocycles. The quantitative estimate of drug-likeness (QED) is 0.854. The minimum atomic E-state index is -0.294. The summed E-state index contributed by atoms with van der Waals surface area (Å²) in [4.78, 5) is 0.897. The summed E-state index contributed by atoms with van der Waals surface area (Å²) in [6, 6.07) is -0.294. The minimum Gasteiger partial charge on any atom is -0.493 e. The molecule has 0 bridgehead atoms. The highest BCUT2D eigenvalue weighted by molar-refractivity contribution is 7.05. The second-order valence-electron chi connectivity index (χ2n) is 3.21. The van der Waals surface area contributed by atoms with Gasteiger partial charge in [-0.2, -0.15) is 5.10 Å². The molecule has 2 aromatic rings. The Morgan fingerprint density at radius 2 is 2.38 bits per heavy atom. The molecule has 0 amide bonds. The number of nitrogens with zero attached hydrogens (tertiary/aromatic N) is 4. The van der Waals surface area contributed by atoms with E-state index in [4.69, 9.17) is 10.5 Å². The van der Waals surface area contributed by atoms with Crippen molar-refractivity contribution in [3.8, 4) is 5.75 Å². The maximum Gasteiger partial charge on any atom is 0.161 e. The summed E-state index contributed by atoms with van der Waals surface area (Å²) in [6.45, 7) is 2.76. The van der Waals surface area contributed by atoms with Gasteiger partial charge in [0.15, 0.2) is 5.75 Å². The van der Waals surface area contributed by atoms with Crippen LogP contribution >= 0.6 is 11.5 Å². The van der Waals surface area contributed by atoms with E-state index in [2.05, 4.69) is 14.7 Å². The summed E-state index contributed by atoms with van der Waals surface area (Å²) < 4.78 is 10.9. The largest absolute Gasteiger partial charge is 0.493 e. The van der Waals surface area contributed by atoms with Crippen LogP contribution in [0, 0.1) is 0 Å². The van der Waals surface area contributed by atoms with Gasteiger partial charge in [0, 0.05) is 6.54 Å². The molecule has 1 atom stereocenters. The van der Waals surface area contributed by atoms with Gasteiger partial charge in [0.25, 0.3) is 0 Å². The zero-order valence-corrected chi connectivity index (χ0v) is 9.94. The molecule has 2 rings (SSSR count). The van der Waals surface area contributed by atoms with Crippen LogP contribution in [0.25, 0.3) is 0 Å². The Morgan fingerprint density at radius 1 is 1.56 bits per heavy atom. The van der Waals surface area contributed by atoms with E-state index in [1.54, 1.807) is 19.5 Å². The molecular weight excluding hydrogens is 226 g/mol. The van der Waals surface area contributed by atoms with Crippen molar-refractivity contribution in [2.24, 2.45) is 5.73 Å². The highest BCUT2D eigenvalue weighted by atomic mass is 32.1. The first-order valence-electron chi connectivity index (χ1n) is 4.90. The minimum absolute atomic E-state index is 0.294. The predicted molar refractivity (Wildman–Crippen MR) is 60.4 cm³/mol. The average Bonchev–Trinajstić information content (AvgIpc) is 2.96. The van der Waals surface area contributed by atoms with Crippen molar-refractivity contribution in [1.82, 2.24) is 19.4 Å². The molecule has 0 aliphatic heterocycles. The van der Waals surface area contributed by atoms with E-state index in [-0.39, 0.29) is 6.04 Å². The van der Waals surface area contributed by atoms with Gasteiger partial charge >= 0.3 is 0 Å². The Labute approximate surface area is 97.2 Å². The van der Waals surface area contributed by atoms with Crippen molar-refractivity contribution in [2.45, 2.75) is 19.5 Å². The van der Waals surface area contributed by atoms with Crippen molar-refractivity contribution < 1.29 is 4.74 Å². The normalized spacial score (nSPS) is 12.7. The number of methoxy groups -OCH3 is 1. The molecular formula is C9H13N5OS. The third kappa shape index (κ3) is 1.79. The van der Waals surface area contributed by atoms with Crippen molar-refractivity contribution in [3.05, 3.63) is 23.0 Å². The molecule has 86 valence electrons. The molecule has 0 radical (unpaired) electrons. The maximum atomic E-state index is 6.15. The molecule has 0 fully saturated rings. The SMILES string of the molecule is CCn1ncc(OC)c1C(N)c1cnns1. The van der Waals surface area contributed by atoms with Crippen LogP contribution in [0.1, 0.15) is 23.5 Å². The summed E-state index contributed by atoms with van der Waals surface area (Å²) >= 11 is 1.28. The van der Waals surface area contributed by atoms with Crippen molar-refractivity contribution in [3.63, 3.8) is 0 Å². The van der Waals surface area contributed by atoms with Crippen LogP contribution in [0.2, 0.25) is 0 Å². The van der Waals surface area contributed by atoms with E-state index in [1.165, 1.54) is 11.5 Å². The molecule has 0 aliphatic rings. The smallest absolute Gasteiger partial charge is 0.161 e. The standard InChI is InChI=1S/C9H13N5OS/c1-3-14-9(6(15-2)4-12-14)8(10)7-5-11-13-16-7/h4-5,8H,3,10H2,1-2H3. The summed E-state index contributed by atoms with van der Waals surface area (Å²) in [6.07, 6.45) is 3.34. The summed E-state index contributed by atoms with van der Waals surface area (Å²) in [5.41, 5.74) is 7.00. The molecule has 6 nitrogen and oxygen atoms in total. The number of aryl methyl sites for hydroxylation is 1.